The molecule has 0 aliphatic carbocycles. The van der Waals surface area contributed by atoms with Crippen LogP contribution in [0.25, 0.3) is 0 Å². The lowest BCUT2D eigenvalue weighted by Crippen LogP contribution is -2.07. The molecule has 0 atom stereocenters. The molecule has 0 unspecified atom stereocenters. The van der Waals surface area contributed by atoms with Crippen LogP contribution in [0.3, 0.4) is 0 Å². The van der Waals surface area contributed by atoms with E-state index < -0.39 is 0 Å². The number of hydrogen-bond acceptors (Lipinski definition) is 1. The van der Waals surface area contributed by atoms with Crippen LogP contribution < -0.4 is 0 Å². The summed E-state index contributed by atoms with van der Waals surface area (Å²) in [6.07, 6.45) is 3.81. The predicted molar refractivity (Wildman–Crippen MR) is 59.7 cm³/mol. The molecular formula is C9H14BrClN2. The first kappa shape index (κ1) is 11.1. The second-order valence-electron chi connectivity index (χ2n) is 3.27. The summed E-state index contributed by atoms with van der Waals surface area (Å²) in [5.41, 5.74) is 1.15. The Hall–Kier alpha value is -0.0200. The minimum atomic E-state index is 0.387. The van der Waals surface area contributed by atoms with Gasteiger partial charge < -0.3 is 0 Å². The SMILES string of the molecule is CC(C)n1ncc(Cl)c1CCCBr. The van der Waals surface area contributed by atoms with Crippen LogP contribution in [0.1, 0.15) is 32.0 Å². The fourth-order valence-electron chi connectivity index (χ4n) is 1.28. The number of hydrogen-bond donors (Lipinski definition) is 0. The fourth-order valence-corrected chi connectivity index (χ4v) is 1.78. The summed E-state index contributed by atoms with van der Waals surface area (Å²) in [5, 5.41) is 6.03. The average Bonchev–Trinajstić information content (AvgIpc) is 2.43. The van der Waals surface area contributed by atoms with Gasteiger partial charge in [-0.1, -0.05) is 27.5 Å². The zero-order valence-corrected chi connectivity index (χ0v) is 10.3. The van der Waals surface area contributed by atoms with Crippen LogP contribution in [0.15, 0.2) is 6.20 Å². The Morgan fingerprint density at radius 2 is 2.31 bits per heavy atom. The maximum absolute atomic E-state index is 6.03. The number of aromatic nitrogens is 2. The lowest BCUT2D eigenvalue weighted by molar-refractivity contribution is 0.507. The third-order valence-corrected chi connectivity index (χ3v) is 2.76. The highest BCUT2D eigenvalue weighted by Gasteiger charge is 2.10. The van der Waals surface area contributed by atoms with Gasteiger partial charge in [-0.3, -0.25) is 4.68 Å². The standard InChI is InChI=1S/C9H14BrClN2/c1-7(2)13-9(4-3-5-10)8(11)6-12-13/h6-7H,3-5H2,1-2H3. The molecule has 0 radical (unpaired) electrons. The zero-order valence-electron chi connectivity index (χ0n) is 7.93. The molecule has 0 saturated heterocycles. The first-order valence-corrected chi connectivity index (χ1v) is 5.94. The van der Waals surface area contributed by atoms with E-state index in [0.29, 0.717) is 6.04 Å². The molecule has 0 amide bonds. The van der Waals surface area contributed by atoms with Gasteiger partial charge in [0.05, 0.1) is 16.9 Å². The van der Waals surface area contributed by atoms with Crippen LogP contribution in [-0.4, -0.2) is 15.1 Å². The summed E-state index contributed by atoms with van der Waals surface area (Å²) in [6, 6.07) is 0.387. The number of halogens is 2. The van der Waals surface area contributed by atoms with Gasteiger partial charge >= 0.3 is 0 Å². The Balaban J connectivity index is 2.82. The second kappa shape index (κ2) is 5.01. The Morgan fingerprint density at radius 1 is 1.62 bits per heavy atom. The Bertz CT molecular complexity index is 271. The molecule has 13 heavy (non-hydrogen) atoms. The van der Waals surface area contributed by atoms with Crippen molar-refractivity contribution in [3.8, 4) is 0 Å². The molecule has 74 valence electrons. The van der Waals surface area contributed by atoms with E-state index in [1.807, 2.05) is 4.68 Å². The summed E-state index contributed by atoms with van der Waals surface area (Å²) < 4.78 is 1.99. The molecule has 2 nitrogen and oxygen atoms in total. The van der Waals surface area contributed by atoms with Gasteiger partial charge in [-0.2, -0.15) is 5.10 Å². The molecular weight excluding hydrogens is 251 g/mol. The van der Waals surface area contributed by atoms with Crippen LogP contribution in [0, 0.1) is 0 Å². The highest BCUT2D eigenvalue weighted by atomic mass is 79.9. The van der Waals surface area contributed by atoms with Gasteiger partial charge in [0, 0.05) is 11.4 Å². The van der Waals surface area contributed by atoms with Crippen LogP contribution in [-0.2, 0) is 6.42 Å². The van der Waals surface area contributed by atoms with Gasteiger partial charge in [-0.05, 0) is 26.7 Å². The van der Waals surface area contributed by atoms with Gasteiger partial charge in [0.25, 0.3) is 0 Å². The van der Waals surface area contributed by atoms with E-state index in [4.69, 9.17) is 11.6 Å². The lowest BCUT2D eigenvalue weighted by atomic mass is 10.2. The molecule has 0 aliphatic heterocycles. The van der Waals surface area contributed by atoms with Crippen molar-refractivity contribution >= 4 is 27.5 Å². The number of rotatable bonds is 4. The molecule has 0 aliphatic rings. The van der Waals surface area contributed by atoms with Crippen LogP contribution in [0.5, 0.6) is 0 Å². The smallest absolute Gasteiger partial charge is 0.0817 e. The van der Waals surface area contributed by atoms with E-state index in [9.17, 15) is 0 Å². The first-order valence-electron chi connectivity index (χ1n) is 4.44. The summed E-state index contributed by atoms with van der Waals surface area (Å²) in [6.45, 7) is 4.22. The van der Waals surface area contributed by atoms with E-state index in [1.165, 1.54) is 0 Å². The maximum atomic E-state index is 6.03. The molecule has 0 spiro atoms. The van der Waals surface area contributed by atoms with Crippen LogP contribution in [0.2, 0.25) is 5.02 Å². The quantitative estimate of drug-likeness (QED) is 0.763. The minimum Gasteiger partial charge on any atom is -0.266 e. The van der Waals surface area contributed by atoms with Crippen molar-refractivity contribution in [2.45, 2.75) is 32.7 Å². The van der Waals surface area contributed by atoms with Gasteiger partial charge in [0.15, 0.2) is 0 Å². The third-order valence-electron chi connectivity index (χ3n) is 1.88. The highest BCUT2D eigenvalue weighted by Crippen LogP contribution is 2.20. The van der Waals surface area contributed by atoms with E-state index in [-0.39, 0.29) is 0 Å². The van der Waals surface area contributed by atoms with Crippen molar-refractivity contribution < 1.29 is 0 Å². The average molecular weight is 266 g/mol. The molecule has 0 N–H and O–H groups in total. The lowest BCUT2D eigenvalue weighted by Gasteiger charge is -2.10. The Morgan fingerprint density at radius 3 is 2.85 bits per heavy atom. The topological polar surface area (TPSA) is 17.8 Å². The van der Waals surface area contributed by atoms with E-state index in [0.717, 1.165) is 28.9 Å². The van der Waals surface area contributed by atoms with Crippen molar-refractivity contribution in [1.29, 1.82) is 0 Å². The molecule has 1 aromatic rings. The van der Waals surface area contributed by atoms with Crippen molar-refractivity contribution in [2.24, 2.45) is 0 Å². The highest BCUT2D eigenvalue weighted by molar-refractivity contribution is 9.09. The third kappa shape index (κ3) is 2.71. The minimum absolute atomic E-state index is 0.387. The predicted octanol–water partition coefficient (Wildman–Crippen LogP) is 3.44. The van der Waals surface area contributed by atoms with Gasteiger partial charge in [0.1, 0.15) is 0 Å². The first-order chi connectivity index (χ1) is 6.16. The normalized spacial score (nSPS) is 11.2. The largest absolute Gasteiger partial charge is 0.266 e. The Kier molecular flexibility index (Phi) is 4.26. The summed E-state index contributed by atoms with van der Waals surface area (Å²) in [7, 11) is 0. The van der Waals surface area contributed by atoms with Crippen LogP contribution >= 0.6 is 27.5 Å². The van der Waals surface area contributed by atoms with Crippen molar-refractivity contribution in [3.05, 3.63) is 16.9 Å². The monoisotopic (exact) mass is 264 g/mol. The van der Waals surface area contributed by atoms with E-state index in [1.54, 1.807) is 6.20 Å². The van der Waals surface area contributed by atoms with E-state index >= 15 is 0 Å². The Labute approximate surface area is 92.4 Å². The number of nitrogens with zero attached hydrogens (tertiary/aromatic N) is 2. The van der Waals surface area contributed by atoms with Gasteiger partial charge in [-0.25, -0.2) is 0 Å². The van der Waals surface area contributed by atoms with Crippen LogP contribution in [0.4, 0.5) is 0 Å². The van der Waals surface area contributed by atoms with Crippen molar-refractivity contribution in [3.63, 3.8) is 0 Å². The zero-order chi connectivity index (χ0) is 9.84. The molecule has 1 heterocycles. The molecule has 0 aromatic carbocycles. The van der Waals surface area contributed by atoms with Gasteiger partial charge in [0.2, 0.25) is 0 Å². The number of alkyl halides is 1. The molecule has 0 saturated carbocycles. The molecule has 1 rings (SSSR count). The van der Waals surface area contributed by atoms with E-state index in [2.05, 4.69) is 34.9 Å². The maximum Gasteiger partial charge on any atom is 0.0817 e. The van der Waals surface area contributed by atoms with Crippen molar-refractivity contribution in [2.75, 3.05) is 5.33 Å². The molecule has 0 bridgehead atoms. The van der Waals surface area contributed by atoms with Crippen molar-refractivity contribution in [1.82, 2.24) is 9.78 Å². The molecule has 0 fully saturated rings. The molecule has 4 heteroatoms. The fraction of sp³-hybridized carbons (Fsp3) is 0.667. The molecule has 1 aromatic heterocycles. The van der Waals surface area contributed by atoms with Gasteiger partial charge in [-0.15, -0.1) is 0 Å². The summed E-state index contributed by atoms with van der Waals surface area (Å²) in [5.74, 6) is 0. The summed E-state index contributed by atoms with van der Waals surface area (Å²) >= 11 is 9.43. The second-order valence-corrected chi connectivity index (χ2v) is 4.47. The summed E-state index contributed by atoms with van der Waals surface area (Å²) in [4.78, 5) is 0.